The fraction of sp³-hybridized carbons (Fsp3) is 0.200. The molecule has 138 valence electrons. The van der Waals surface area contributed by atoms with E-state index in [1.165, 1.54) is 11.0 Å². The van der Waals surface area contributed by atoms with E-state index in [2.05, 4.69) is 0 Å². The Morgan fingerprint density at radius 2 is 1.85 bits per heavy atom. The van der Waals surface area contributed by atoms with E-state index >= 15 is 0 Å². The van der Waals surface area contributed by atoms with Crippen LogP contribution in [0.1, 0.15) is 11.1 Å². The number of hydrogen-bond donors (Lipinski definition) is 0. The second-order valence-electron chi connectivity index (χ2n) is 6.16. The van der Waals surface area contributed by atoms with Gasteiger partial charge in [-0.25, -0.2) is 8.42 Å². The Morgan fingerprint density at radius 1 is 1.15 bits per heavy atom. The molecule has 6 nitrogen and oxygen atoms in total. The Labute approximate surface area is 158 Å². The molecule has 0 radical (unpaired) electrons. The third-order valence-corrected chi connectivity index (χ3v) is 5.55. The van der Waals surface area contributed by atoms with Crippen molar-refractivity contribution in [3.8, 4) is 11.8 Å². The fourth-order valence-electron chi connectivity index (χ4n) is 2.78. The number of rotatable bonds is 6. The first kappa shape index (κ1) is 18.7. The molecule has 2 aromatic carbocycles. The van der Waals surface area contributed by atoms with Crippen LogP contribution in [0.5, 0.6) is 5.75 Å². The van der Waals surface area contributed by atoms with E-state index in [-0.39, 0.29) is 18.3 Å². The van der Waals surface area contributed by atoms with Gasteiger partial charge in [-0.05, 0) is 35.9 Å². The van der Waals surface area contributed by atoms with Gasteiger partial charge >= 0.3 is 0 Å². The van der Waals surface area contributed by atoms with Crippen LogP contribution >= 0.6 is 0 Å². The van der Waals surface area contributed by atoms with Crippen molar-refractivity contribution < 1.29 is 17.9 Å². The molecule has 1 atom stereocenters. The van der Waals surface area contributed by atoms with Crippen LogP contribution in [0, 0.1) is 11.3 Å². The van der Waals surface area contributed by atoms with Gasteiger partial charge in [0, 0.05) is 12.0 Å². The van der Waals surface area contributed by atoms with E-state index in [1.54, 1.807) is 24.3 Å². The molecule has 0 aromatic heterocycles. The molecule has 0 fully saturated rings. The van der Waals surface area contributed by atoms with Crippen molar-refractivity contribution in [1.29, 1.82) is 5.26 Å². The van der Waals surface area contributed by atoms with Crippen LogP contribution in [-0.4, -0.2) is 37.6 Å². The van der Waals surface area contributed by atoms with Crippen molar-refractivity contribution in [2.75, 3.05) is 12.4 Å². The highest BCUT2D eigenvalue weighted by atomic mass is 32.2. The lowest BCUT2D eigenvalue weighted by Crippen LogP contribution is -2.42. The van der Waals surface area contributed by atoms with Gasteiger partial charge in [0.2, 0.25) is 0 Å². The average Bonchev–Trinajstić information content (AvgIpc) is 3.05. The standard InChI is InChI=1S/C20H18N2O4S/c21-12-16-6-8-19(9-7-16)26-14-20(23)22(13-17-4-2-1-3-5-17)18-10-11-27(24,25)15-18/h1-11,18H,13-15H2/t18-/m1/s1. The molecule has 0 saturated heterocycles. The molecule has 2 aromatic rings. The monoisotopic (exact) mass is 382 g/mol. The molecule has 0 bridgehead atoms. The van der Waals surface area contributed by atoms with E-state index in [0.29, 0.717) is 17.9 Å². The van der Waals surface area contributed by atoms with Crippen LogP contribution in [-0.2, 0) is 21.2 Å². The van der Waals surface area contributed by atoms with Gasteiger partial charge in [-0.2, -0.15) is 5.26 Å². The molecular formula is C20H18N2O4S. The lowest BCUT2D eigenvalue weighted by atomic mass is 10.2. The van der Waals surface area contributed by atoms with Gasteiger partial charge in [0.1, 0.15) is 5.75 Å². The summed E-state index contributed by atoms with van der Waals surface area (Å²) in [5.41, 5.74) is 1.41. The Balaban J connectivity index is 1.72. The summed E-state index contributed by atoms with van der Waals surface area (Å²) in [6.07, 6.45) is 1.54. The molecule has 0 spiro atoms. The Bertz CT molecular complexity index is 977. The number of carbonyl (C=O) groups excluding carboxylic acids is 1. The van der Waals surface area contributed by atoms with Gasteiger partial charge in [0.25, 0.3) is 5.91 Å². The summed E-state index contributed by atoms with van der Waals surface area (Å²) in [4.78, 5) is 14.3. The molecule has 1 amide bonds. The van der Waals surface area contributed by atoms with Crippen LogP contribution in [0.3, 0.4) is 0 Å². The average molecular weight is 382 g/mol. The number of carbonyl (C=O) groups is 1. The molecule has 0 N–H and O–H groups in total. The number of benzene rings is 2. The number of amides is 1. The zero-order valence-corrected chi connectivity index (χ0v) is 15.3. The van der Waals surface area contributed by atoms with Gasteiger partial charge in [-0.1, -0.05) is 30.3 Å². The lowest BCUT2D eigenvalue weighted by molar-refractivity contribution is -0.135. The van der Waals surface area contributed by atoms with Crippen molar-refractivity contribution >= 4 is 15.7 Å². The number of hydrogen-bond acceptors (Lipinski definition) is 5. The molecule has 1 aliphatic heterocycles. The van der Waals surface area contributed by atoms with Gasteiger partial charge in [-0.3, -0.25) is 4.79 Å². The summed E-state index contributed by atoms with van der Waals surface area (Å²) in [5.74, 6) is 0.0363. The summed E-state index contributed by atoms with van der Waals surface area (Å²) in [7, 11) is -3.29. The summed E-state index contributed by atoms with van der Waals surface area (Å²) in [6, 6.07) is 17.3. The van der Waals surface area contributed by atoms with Crippen LogP contribution in [0.15, 0.2) is 66.1 Å². The molecule has 0 saturated carbocycles. The quantitative estimate of drug-likeness (QED) is 0.765. The van der Waals surface area contributed by atoms with Crippen LogP contribution in [0.25, 0.3) is 0 Å². The minimum atomic E-state index is -3.29. The Kier molecular flexibility index (Phi) is 5.57. The van der Waals surface area contributed by atoms with Crippen molar-refractivity contribution in [1.82, 2.24) is 4.90 Å². The number of nitrogens with zero attached hydrogens (tertiary/aromatic N) is 2. The number of nitriles is 1. The second-order valence-corrected chi connectivity index (χ2v) is 8.09. The molecule has 0 unspecified atom stereocenters. The van der Waals surface area contributed by atoms with Crippen LogP contribution in [0.4, 0.5) is 0 Å². The maximum atomic E-state index is 12.8. The van der Waals surface area contributed by atoms with Crippen molar-refractivity contribution in [3.05, 3.63) is 77.2 Å². The Hall–Kier alpha value is -3.11. The molecule has 0 aliphatic carbocycles. The molecule has 27 heavy (non-hydrogen) atoms. The molecule has 7 heteroatoms. The van der Waals surface area contributed by atoms with E-state index in [9.17, 15) is 13.2 Å². The number of sulfone groups is 1. The summed E-state index contributed by atoms with van der Waals surface area (Å²) in [5, 5.41) is 9.97. The zero-order valence-electron chi connectivity index (χ0n) is 14.5. The smallest absolute Gasteiger partial charge is 0.261 e. The third kappa shape index (κ3) is 4.96. The van der Waals surface area contributed by atoms with Crippen molar-refractivity contribution in [2.24, 2.45) is 0 Å². The molecule has 3 rings (SSSR count). The highest BCUT2D eigenvalue weighted by molar-refractivity contribution is 7.94. The van der Waals surface area contributed by atoms with Gasteiger partial charge in [0.15, 0.2) is 16.4 Å². The van der Waals surface area contributed by atoms with E-state index in [0.717, 1.165) is 11.0 Å². The maximum Gasteiger partial charge on any atom is 0.261 e. The second kappa shape index (κ2) is 8.06. The van der Waals surface area contributed by atoms with Crippen molar-refractivity contribution in [2.45, 2.75) is 12.6 Å². The van der Waals surface area contributed by atoms with Crippen LogP contribution in [0.2, 0.25) is 0 Å². The van der Waals surface area contributed by atoms with E-state index in [4.69, 9.17) is 10.00 Å². The normalized spacial score (nSPS) is 17.2. The van der Waals surface area contributed by atoms with Gasteiger partial charge < -0.3 is 9.64 Å². The fourth-order valence-corrected chi connectivity index (χ4v) is 4.08. The first-order valence-corrected chi connectivity index (χ1v) is 10.1. The van der Waals surface area contributed by atoms with E-state index in [1.807, 2.05) is 36.4 Å². The molecule has 1 heterocycles. The first-order valence-electron chi connectivity index (χ1n) is 8.34. The van der Waals surface area contributed by atoms with Crippen molar-refractivity contribution in [3.63, 3.8) is 0 Å². The first-order chi connectivity index (χ1) is 13.0. The number of ether oxygens (including phenoxy) is 1. The van der Waals surface area contributed by atoms with Gasteiger partial charge in [0.05, 0.1) is 23.4 Å². The highest BCUT2D eigenvalue weighted by Gasteiger charge is 2.30. The summed E-state index contributed by atoms with van der Waals surface area (Å²) in [6.45, 7) is 0.0735. The van der Waals surface area contributed by atoms with E-state index < -0.39 is 15.9 Å². The maximum absolute atomic E-state index is 12.8. The molecule has 1 aliphatic rings. The minimum Gasteiger partial charge on any atom is -0.484 e. The van der Waals surface area contributed by atoms with Crippen LogP contribution < -0.4 is 4.74 Å². The highest BCUT2D eigenvalue weighted by Crippen LogP contribution is 2.19. The third-order valence-electron chi connectivity index (χ3n) is 4.17. The minimum absolute atomic E-state index is 0.123. The Morgan fingerprint density at radius 3 is 2.44 bits per heavy atom. The largest absolute Gasteiger partial charge is 0.484 e. The lowest BCUT2D eigenvalue weighted by Gasteiger charge is -2.27. The topological polar surface area (TPSA) is 87.5 Å². The zero-order chi connectivity index (χ0) is 19.3. The van der Waals surface area contributed by atoms with Gasteiger partial charge in [-0.15, -0.1) is 0 Å². The summed E-state index contributed by atoms with van der Waals surface area (Å²) < 4.78 is 29.1. The predicted octanol–water partition coefficient (Wildman–Crippen LogP) is 2.28. The predicted molar refractivity (Wildman–Crippen MR) is 100 cm³/mol. The SMILES string of the molecule is N#Cc1ccc(OCC(=O)N(Cc2ccccc2)[C@@H]2C=CS(=O)(=O)C2)cc1. The molecular weight excluding hydrogens is 364 g/mol. The summed E-state index contributed by atoms with van der Waals surface area (Å²) >= 11 is 0.